The summed E-state index contributed by atoms with van der Waals surface area (Å²) in [7, 11) is -3.71. The van der Waals surface area contributed by atoms with Gasteiger partial charge < -0.3 is 14.4 Å². The van der Waals surface area contributed by atoms with Crippen molar-refractivity contribution < 1.29 is 17.7 Å². The Morgan fingerprint density at radius 1 is 1.27 bits per heavy atom. The van der Waals surface area contributed by atoms with Crippen molar-refractivity contribution in [1.29, 1.82) is 0 Å². The lowest BCUT2D eigenvalue weighted by Gasteiger charge is -2.22. The molecule has 0 unspecified atom stereocenters. The van der Waals surface area contributed by atoms with Crippen LogP contribution in [0, 0.1) is 18.5 Å². The third-order valence-electron chi connectivity index (χ3n) is 4.36. The Bertz CT molecular complexity index is 961. The fourth-order valence-electron chi connectivity index (χ4n) is 3.07. The number of carbonyl (C=O) groups excluding carboxylic acids is 1. The summed E-state index contributed by atoms with van der Waals surface area (Å²) in [5.74, 6) is 0.0821. The first-order chi connectivity index (χ1) is 12.3. The molecular formula is C16H20N4O4S2. The highest BCUT2D eigenvalue weighted by atomic mass is 32.2. The predicted octanol–water partition coefficient (Wildman–Crippen LogP) is 1.89. The molecule has 1 aliphatic rings. The zero-order chi connectivity index (χ0) is 18.9. The summed E-state index contributed by atoms with van der Waals surface area (Å²) in [6.45, 7) is 4.49. The molecule has 2 aromatic rings. The van der Waals surface area contributed by atoms with Crippen LogP contribution < -0.4 is 0 Å². The van der Waals surface area contributed by atoms with Crippen LogP contribution >= 0.6 is 12.2 Å². The van der Waals surface area contributed by atoms with Crippen LogP contribution in [0.1, 0.15) is 28.2 Å². The Morgan fingerprint density at radius 2 is 2.04 bits per heavy atom. The van der Waals surface area contributed by atoms with Gasteiger partial charge in [0.2, 0.25) is 10.0 Å². The molecule has 0 atom stereocenters. The number of hydrogen-bond acceptors (Lipinski definition) is 6. The van der Waals surface area contributed by atoms with Crippen molar-refractivity contribution >= 4 is 28.1 Å². The van der Waals surface area contributed by atoms with Gasteiger partial charge >= 0.3 is 0 Å². The number of nitrogens with zero attached hydrogens (tertiary/aromatic N) is 3. The maximum Gasteiger partial charge on any atom is 0.256 e. The average molecular weight is 396 g/mol. The van der Waals surface area contributed by atoms with Gasteiger partial charge in [0.1, 0.15) is 15.2 Å². The molecule has 8 nitrogen and oxygen atoms in total. The minimum Gasteiger partial charge on any atom is -0.360 e. The highest BCUT2D eigenvalue weighted by Gasteiger charge is 2.33. The van der Waals surface area contributed by atoms with E-state index in [1.54, 1.807) is 37.1 Å². The SMILES string of the molecule is Cc1noc(C)c1S(=O)(=O)N1CCCN(C(=O)c2ccc[nH]c2=S)CC1. The number of aryl methyl sites for hydroxylation is 2. The number of hydrogen-bond donors (Lipinski definition) is 1. The highest BCUT2D eigenvalue weighted by Crippen LogP contribution is 2.24. The molecule has 0 aliphatic carbocycles. The number of aromatic nitrogens is 2. The first-order valence-corrected chi connectivity index (χ1v) is 10.1. The van der Waals surface area contributed by atoms with Gasteiger partial charge in [-0.25, -0.2) is 8.42 Å². The maximum atomic E-state index is 12.9. The number of nitrogens with one attached hydrogen (secondary N) is 1. The lowest BCUT2D eigenvalue weighted by atomic mass is 10.2. The fraction of sp³-hybridized carbons (Fsp3) is 0.438. The summed E-state index contributed by atoms with van der Waals surface area (Å²) >= 11 is 5.17. The summed E-state index contributed by atoms with van der Waals surface area (Å²) in [5, 5.41) is 3.73. The second kappa shape index (κ2) is 7.29. The van der Waals surface area contributed by atoms with E-state index in [4.69, 9.17) is 16.7 Å². The molecule has 1 amide bonds. The van der Waals surface area contributed by atoms with Crippen LogP contribution in [-0.2, 0) is 10.0 Å². The Hall–Kier alpha value is -2.04. The molecule has 1 aliphatic heterocycles. The van der Waals surface area contributed by atoms with Crippen LogP contribution in [0.15, 0.2) is 27.7 Å². The molecule has 26 heavy (non-hydrogen) atoms. The van der Waals surface area contributed by atoms with E-state index in [-0.39, 0.29) is 23.1 Å². The number of rotatable bonds is 3. The van der Waals surface area contributed by atoms with Crippen LogP contribution in [0.4, 0.5) is 0 Å². The maximum absolute atomic E-state index is 12.9. The molecule has 0 bridgehead atoms. The second-order valence-electron chi connectivity index (χ2n) is 6.12. The number of aromatic amines is 1. The molecule has 0 spiro atoms. The molecule has 0 aromatic carbocycles. The molecule has 0 radical (unpaired) electrons. The number of amides is 1. The molecule has 1 fully saturated rings. The third-order valence-corrected chi connectivity index (χ3v) is 6.84. The van der Waals surface area contributed by atoms with E-state index >= 15 is 0 Å². The summed E-state index contributed by atoms with van der Waals surface area (Å²) in [6, 6.07) is 3.39. The topological polar surface area (TPSA) is 99.5 Å². The van der Waals surface area contributed by atoms with Crippen molar-refractivity contribution in [3.05, 3.63) is 40.0 Å². The van der Waals surface area contributed by atoms with E-state index in [0.717, 1.165) is 0 Å². The van der Waals surface area contributed by atoms with Crippen LogP contribution in [-0.4, -0.2) is 59.8 Å². The Labute approximate surface area is 156 Å². The lowest BCUT2D eigenvalue weighted by molar-refractivity contribution is 0.0763. The second-order valence-corrected chi connectivity index (χ2v) is 8.40. The van der Waals surface area contributed by atoms with E-state index in [1.807, 2.05) is 0 Å². The Kier molecular flexibility index (Phi) is 5.26. The van der Waals surface area contributed by atoms with Crippen molar-refractivity contribution in [1.82, 2.24) is 19.3 Å². The fourth-order valence-corrected chi connectivity index (χ4v) is 5.05. The minimum absolute atomic E-state index is 0.114. The number of pyridine rings is 1. The van der Waals surface area contributed by atoms with Gasteiger partial charge in [0, 0.05) is 32.4 Å². The monoisotopic (exact) mass is 396 g/mol. The zero-order valence-electron chi connectivity index (χ0n) is 14.6. The quantitative estimate of drug-likeness (QED) is 0.796. The van der Waals surface area contributed by atoms with Crippen molar-refractivity contribution in [3.8, 4) is 0 Å². The molecule has 3 rings (SSSR count). The van der Waals surface area contributed by atoms with E-state index in [0.29, 0.717) is 42.0 Å². The molecule has 2 aromatic heterocycles. The van der Waals surface area contributed by atoms with Crippen LogP contribution in [0.5, 0.6) is 0 Å². The average Bonchev–Trinajstić information content (AvgIpc) is 2.81. The number of H-pyrrole nitrogens is 1. The first-order valence-electron chi connectivity index (χ1n) is 8.22. The summed E-state index contributed by atoms with van der Waals surface area (Å²) in [5.41, 5.74) is 0.764. The van der Waals surface area contributed by atoms with Crippen molar-refractivity contribution in [3.63, 3.8) is 0 Å². The van der Waals surface area contributed by atoms with Gasteiger partial charge in [0.25, 0.3) is 5.91 Å². The van der Waals surface area contributed by atoms with Gasteiger partial charge in [-0.1, -0.05) is 17.4 Å². The van der Waals surface area contributed by atoms with Gasteiger partial charge in [-0.3, -0.25) is 4.79 Å². The predicted molar refractivity (Wildman–Crippen MR) is 96.9 cm³/mol. The number of sulfonamides is 1. The Balaban J connectivity index is 1.80. The normalized spacial score (nSPS) is 16.5. The largest absolute Gasteiger partial charge is 0.360 e. The van der Waals surface area contributed by atoms with Gasteiger partial charge in [-0.2, -0.15) is 4.31 Å². The van der Waals surface area contributed by atoms with E-state index < -0.39 is 10.0 Å². The molecule has 1 saturated heterocycles. The molecule has 0 saturated carbocycles. The smallest absolute Gasteiger partial charge is 0.256 e. The van der Waals surface area contributed by atoms with Crippen LogP contribution in [0.2, 0.25) is 0 Å². The van der Waals surface area contributed by atoms with E-state index in [9.17, 15) is 13.2 Å². The minimum atomic E-state index is -3.71. The van der Waals surface area contributed by atoms with Crippen molar-refractivity contribution in [2.75, 3.05) is 26.2 Å². The third kappa shape index (κ3) is 3.44. The molecule has 1 N–H and O–H groups in total. The lowest BCUT2D eigenvalue weighted by Crippen LogP contribution is -2.37. The van der Waals surface area contributed by atoms with Gasteiger partial charge in [-0.15, -0.1) is 0 Å². The van der Waals surface area contributed by atoms with Crippen LogP contribution in [0.3, 0.4) is 0 Å². The van der Waals surface area contributed by atoms with Gasteiger partial charge in [-0.05, 0) is 32.4 Å². The molecule has 3 heterocycles. The summed E-state index contributed by atoms with van der Waals surface area (Å²) in [4.78, 5) is 17.3. The van der Waals surface area contributed by atoms with Crippen LogP contribution in [0.25, 0.3) is 0 Å². The standard InChI is InChI=1S/C16H20N4O4S2/c1-11-14(12(2)24-18-11)26(22,23)20-8-4-7-19(9-10-20)16(21)13-5-3-6-17-15(13)25/h3,5-6H,4,7-10H2,1-2H3,(H,17,25). The van der Waals surface area contributed by atoms with Gasteiger partial charge in [0.05, 0.1) is 5.56 Å². The molecule has 140 valence electrons. The summed E-state index contributed by atoms with van der Waals surface area (Å²) < 4.78 is 32.7. The van der Waals surface area contributed by atoms with Gasteiger partial charge in [0.15, 0.2) is 5.76 Å². The first kappa shape index (κ1) is 18.7. The van der Waals surface area contributed by atoms with Crippen molar-refractivity contribution in [2.45, 2.75) is 25.2 Å². The highest BCUT2D eigenvalue weighted by molar-refractivity contribution is 7.89. The van der Waals surface area contributed by atoms with E-state index in [1.165, 1.54) is 4.31 Å². The molecule has 10 heteroatoms. The molecular weight excluding hydrogens is 376 g/mol. The van der Waals surface area contributed by atoms with Crippen molar-refractivity contribution in [2.24, 2.45) is 0 Å². The summed E-state index contributed by atoms with van der Waals surface area (Å²) in [6.07, 6.45) is 2.21. The Morgan fingerprint density at radius 3 is 2.69 bits per heavy atom. The zero-order valence-corrected chi connectivity index (χ0v) is 16.2. The van der Waals surface area contributed by atoms with E-state index in [2.05, 4.69) is 10.1 Å². The number of carbonyl (C=O) groups is 1.